The maximum absolute atomic E-state index is 9.66. The standard InChI is InChI=1S/C16H26N8/c1-18-13-19-14(22-16(12-17)6-4-3-5-7-16)21-15(20-13)24-10-8-23(2)9-11-24/h3-11H2,1-2H3,(H2,18,19,20,21,22). The lowest BCUT2D eigenvalue weighted by molar-refractivity contribution is 0.311. The van der Waals surface area contributed by atoms with Gasteiger partial charge in [-0.3, -0.25) is 0 Å². The van der Waals surface area contributed by atoms with Crippen molar-refractivity contribution in [3.05, 3.63) is 0 Å². The van der Waals surface area contributed by atoms with Gasteiger partial charge in [0, 0.05) is 33.2 Å². The van der Waals surface area contributed by atoms with E-state index in [2.05, 4.69) is 48.5 Å². The van der Waals surface area contributed by atoms with Crippen LogP contribution < -0.4 is 15.5 Å². The van der Waals surface area contributed by atoms with Gasteiger partial charge in [0.25, 0.3) is 0 Å². The molecule has 1 aromatic rings. The second-order valence-electron chi connectivity index (χ2n) is 6.70. The number of hydrogen-bond acceptors (Lipinski definition) is 8. The summed E-state index contributed by atoms with van der Waals surface area (Å²) in [5.74, 6) is 1.70. The van der Waals surface area contributed by atoms with Gasteiger partial charge in [0.15, 0.2) is 0 Å². The summed E-state index contributed by atoms with van der Waals surface area (Å²) in [6, 6.07) is 2.46. The molecule has 130 valence electrons. The zero-order chi connectivity index (χ0) is 17.0. The second kappa shape index (κ2) is 7.18. The lowest BCUT2D eigenvalue weighted by Crippen LogP contribution is -2.45. The summed E-state index contributed by atoms with van der Waals surface area (Å²) in [4.78, 5) is 18.0. The Morgan fingerprint density at radius 3 is 2.29 bits per heavy atom. The molecule has 0 bridgehead atoms. The van der Waals surface area contributed by atoms with Crippen molar-refractivity contribution in [1.29, 1.82) is 5.26 Å². The summed E-state index contributed by atoms with van der Waals surface area (Å²) >= 11 is 0. The van der Waals surface area contributed by atoms with Gasteiger partial charge in [-0.1, -0.05) is 19.3 Å². The molecule has 2 fully saturated rings. The third-order valence-corrected chi connectivity index (χ3v) is 4.91. The van der Waals surface area contributed by atoms with Gasteiger partial charge < -0.3 is 20.4 Å². The van der Waals surface area contributed by atoms with E-state index in [0.717, 1.165) is 51.9 Å². The smallest absolute Gasteiger partial charge is 0.232 e. The lowest BCUT2D eigenvalue weighted by atomic mass is 9.83. The highest BCUT2D eigenvalue weighted by atomic mass is 15.4. The molecule has 2 N–H and O–H groups in total. The van der Waals surface area contributed by atoms with E-state index in [1.165, 1.54) is 6.42 Å². The molecule has 1 aliphatic carbocycles. The minimum atomic E-state index is -0.552. The first-order valence-corrected chi connectivity index (χ1v) is 8.71. The number of hydrogen-bond donors (Lipinski definition) is 2. The average Bonchev–Trinajstić information content (AvgIpc) is 2.62. The maximum atomic E-state index is 9.66. The van der Waals surface area contributed by atoms with E-state index >= 15 is 0 Å². The molecule has 0 amide bonds. The molecule has 1 saturated heterocycles. The number of nitrogens with one attached hydrogen (secondary N) is 2. The van der Waals surface area contributed by atoms with E-state index in [-0.39, 0.29) is 0 Å². The molecule has 8 nitrogen and oxygen atoms in total. The molecular formula is C16H26N8. The van der Waals surface area contributed by atoms with Crippen molar-refractivity contribution in [2.75, 3.05) is 55.8 Å². The Labute approximate surface area is 143 Å². The molecule has 1 aliphatic heterocycles. The van der Waals surface area contributed by atoms with Crippen LogP contribution in [0.3, 0.4) is 0 Å². The van der Waals surface area contributed by atoms with Crippen molar-refractivity contribution in [1.82, 2.24) is 19.9 Å². The highest BCUT2D eigenvalue weighted by Gasteiger charge is 2.33. The van der Waals surface area contributed by atoms with Crippen LogP contribution >= 0.6 is 0 Å². The van der Waals surface area contributed by atoms with Gasteiger partial charge in [-0.2, -0.15) is 20.2 Å². The molecule has 0 atom stereocenters. The highest BCUT2D eigenvalue weighted by Crippen LogP contribution is 2.30. The molecule has 0 radical (unpaired) electrons. The van der Waals surface area contributed by atoms with Crippen LogP contribution in [0.2, 0.25) is 0 Å². The number of rotatable bonds is 4. The van der Waals surface area contributed by atoms with Crippen molar-refractivity contribution in [2.45, 2.75) is 37.6 Å². The van der Waals surface area contributed by atoms with Crippen LogP contribution in [0.25, 0.3) is 0 Å². The molecule has 2 heterocycles. The first-order chi connectivity index (χ1) is 11.6. The Hall–Kier alpha value is -2.14. The predicted octanol–water partition coefficient (Wildman–Crippen LogP) is 1.30. The van der Waals surface area contributed by atoms with Crippen LogP contribution in [0.5, 0.6) is 0 Å². The van der Waals surface area contributed by atoms with E-state index in [1.54, 1.807) is 7.05 Å². The van der Waals surface area contributed by atoms with E-state index in [1.807, 2.05) is 0 Å². The van der Waals surface area contributed by atoms with Gasteiger partial charge >= 0.3 is 0 Å². The lowest BCUT2D eigenvalue weighted by Gasteiger charge is -2.33. The first-order valence-electron chi connectivity index (χ1n) is 8.71. The van der Waals surface area contributed by atoms with Crippen LogP contribution in [-0.2, 0) is 0 Å². The summed E-state index contributed by atoms with van der Waals surface area (Å²) in [6.07, 6.45) is 5.00. The molecular weight excluding hydrogens is 304 g/mol. The summed E-state index contributed by atoms with van der Waals surface area (Å²) < 4.78 is 0. The summed E-state index contributed by atoms with van der Waals surface area (Å²) in [5, 5.41) is 16.0. The molecule has 2 aliphatic rings. The Morgan fingerprint density at radius 2 is 1.67 bits per heavy atom. The quantitative estimate of drug-likeness (QED) is 0.853. The second-order valence-corrected chi connectivity index (χ2v) is 6.70. The van der Waals surface area contributed by atoms with Gasteiger partial charge in [-0.15, -0.1) is 0 Å². The van der Waals surface area contributed by atoms with Gasteiger partial charge in [0.1, 0.15) is 5.54 Å². The summed E-state index contributed by atoms with van der Waals surface area (Å²) in [6.45, 7) is 3.77. The van der Waals surface area contributed by atoms with E-state index < -0.39 is 5.54 Å². The number of likely N-dealkylation sites (N-methyl/N-ethyl adjacent to an activating group) is 1. The monoisotopic (exact) mass is 330 g/mol. The van der Waals surface area contributed by atoms with Crippen LogP contribution in [0.4, 0.5) is 17.8 Å². The van der Waals surface area contributed by atoms with Crippen molar-refractivity contribution in [3.63, 3.8) is 0 Å². The van der Waals surface area contributed by atoms with Crippen LogP contribution in [-0.4, -0.2) is 65.7 Å². The fourth-order valence-corrected chi connectivity index (χ4v) is 3.31. The fourth-order valence-electron chi connectivity index (χ4n) is 3.31. The minimum Gasteiger partial charge on any atom is -0.357 e. The topological polar surface area (TPSA) is 93.0 Å². The van der Waals surface area contributed by atoms with Gasteiger partial charge in [-0.25, -0.2) is 0 Å². The molecule has 3 rings (SSSR count). The molecule has 0 unspecified atom stereocenters. The summed E-state index contributed by atoms with van der Waals surface area (Å²) in [7, 11) is 3.92. The first kappa shape index (κ1) is 16.7. The SMILES string of the molecule is CNc1nc(NC2(C#N)CCCCC2)nc(N2CCN(C)CC2)n1. The van der Waals surface area contributed by atoms with E-state index in [4.69, 9.17) is 0 Å². The Morgan fingerprint density at radius 1 is 1.00 bits per heavy atom. The Bertz CT molecular complexity index is 597. The molecule has 24 heavy (non-hydrogen) atoms. The normalized spacial score (nSPS) is 21.1. The zero-order valence-electron chi connectivity index (χ0n) is 14.5. The van der Waals surface area contributed by atoms with Crippen LogP contribution in [0.15, 0.2) is 0 Å². The third kappa shape index (κ3) is 3.67. The number of anilines is 3. The van der Waals surface area contributed by atoms with Crippen LogP contribution in [0, 0.1) is 11.3 Å². The van der Waals surface area contributed by atoms with Crippen molar-refractivity contribution < 1.29 is 0 Å². The Kier molecular flexibility index (Phi) is 5.00. The molecule has 0 spiro atoms. The van der Waals surface area contributed by atoms with Crippen molar-refractivity contribution in [3.8, 4) is 6.07 Å². The van der Waals surface area contributed by atoms with Crippen LogP contribution in [0.1, 0.15) is 32.1 Å². The van der Waals surface area contributed by atoms with Gasteiger partial charge in [0.05, 0.1) is 6.07 Å². The van der Waals surface area contributed by atoms with Gasteiger partial charge in [-0.05, 0) is 19.9 Å². The largest absolute Gasteiger partial charge is 0.357 e. The summed E-state index contributed by atoms with van der Waals surface area (Å²) in [5.41, 5.74) is -0.552. The van der Waals surface area contributed by atoms with Crippen molar-refractivity contribution in [2.24, 2.45) is 0 Å². The third-order valence-electron chi connectivity index (χ3n) is 4.91. The average molecular weight is 330 g/mol. The highest BCUT2D eigenvalue weighted by molar-refractivity contribution is 5.46. The zero-order valence-corrected chi connectivity index (χ0v) is 14.5. The number of nitriles is 1. The molecule has 1 aromatic heterocycles. The maximum Gasteiger partial charge on any atom is 0.232 e. The number of piperazine rings is 1. The van der Waals surface area contributed by atoms with E-state index in [0.29, 0.717) is 17.8 Å². The van der Waals surface area contributed by atoms with Crippen molar-refractivity contribution >= 4 is 17.8 Å². The Balaban J connectivity index is 1.82. The molecule has 1 saturated carbocycles. The molecule has 8 heteroatoms. The fraction of sp³-hybridized carbons (Fsp3) is 0.750. The number of aromatic nitrogens is 3. The predicted molar refractivity (Wildman–Crippen MR) is 94.1 cm³/mol. The van der Waals surface area contributed by atoms with E-state index in [9.17, 15) is 5.26 Å². The van der Waals surface area contributed by atoms with Gasteiger partial charge in [0.2, 0.25) is 17.8 Å². The molecule has 0 aromatic carbocycles. The minimum absolute atomic E-state index is 0.492. The number of nitrogens with zero attached hydrogens (tertiary/aromatic N) is 6.